The molecule has 156 valence electrons. The van der Waals surface area contributed by atoms with Gasteiger partial charge in [0.15, 0.2) is 0 Å². The Balaban J connectivity index is 1.42. The molecule has 5 fully saturated rings. The molecule has 4 aliphatic carbocycles. The molecule has 1 N–H and O–H groups in total. The molecule has 1 aliphatic heterocycles. The predicted octanol–water partition coefficient (Wildman–Crippen LogP) is 4.47. The summed E-state index contributed by atoms with van der Waals surface area (Å²) in [5.74, 6) is 3.04. The molecule has 4 heteroatoms. The fraction of sp³-hybridized carbons (Fsp3) is 0.917. The minimum Gasteiger partial charge on any atom is -0.466 e. The number of piperidine rings is 1. The van der Waals surface area contributed by atoms with Gasteiger partial charge in [-0.2, -0.15) is 0 Å². The molecule has 4 unspecified atom stereocenters. The van der Waals surface area contributed by atoms with Crippen molar-refractivity contribution in [3.05, 3.63) is 0 Å². The fourth-order valence-electron chi connectivity index (χ4n) is 8.67. The predicted molar refractivity (Wildman–Crippen MR) is 107 cm³/mol. The molecule has 1 heterocycles. The van der Waals surface area contributed by atoms with Crippen molar-refractivity contribution in [2.45, 2.75) is 91.0 Å². The number of carbonyl (C=O) groups excluding carboxylic acids is 2. The first-order chi connectivity index (χ1) is 13.3. The highest BCUT2D eigenvalue weighted by Crippen LogP contribution is 2.72. The maximum Gasteiger partial charge on any atom is 0.306 e. The van der Waals surface area contributed by atoms with Crippen LogP contribution in [0.4, 0.5) is 0 Å². The van der Waals surface area contributed by atoms with Crippen molar-refractivity contribution in [1.82, 2.24) is 5.32 Å². The minimum atomic E-state index is 0.000763. The van der Waals surface area contributed by atoms with E-state index >= 15 is 0 Å². The maximum atomic E-state index is 12.2. The Bertz CT molecular complexity index is 685. The number of amides is 1. The zero-order chi connectivity index (χ0) is 19.7. The molecule has 5 aliphatic rings. The van der Waals surface area contributed by atoms with Crippen molar-refractivity contribution in [1.29, 1.82) is 0 Å². The standard InChI is InChI=1S/C24H37NO3/c1-4-28-20(27)13-15-5-6-17-16-14-24(11-12-24)21-23(3,10-8-19(26)25-21)18(16)7-9-22(15,17)2/h15-18,21H,4-14H2,1-3H3,(H,25,26)/t15-,16?,17?,18?,21?,22-,23-/m1/s1. The average molecular weight is 388 g/mol. The number of hydrogen-bond donors (Lipinski definition) is 1. The first-order valence-corrected chi connectivity index (χ1v) is 11.8. The van der Waals surface area contributed by atoms with E-state index in [1.165, 1.54) is 44.9 Å². The molecular formula is C24H37NO3. The Morgan fingerprint density at radius 1 is 1.07 bits per heavy atom. The van der Waals surface area contributed by atoms with Gasteiger partial charge in [0.05, 0.1) is 6.61 Å². The number of ether oxygens (including phenoxy) is 1. The van der Waals surface area contributed by atoms with Crippen LogP contribution < -0.4 is 5.32 Å². The van der Waals surface area contributed by atoms with Crippen LogP contribution in [0.3, 0.4) is 0 Å². The summed E-state index contributed by atoms with van der Waals surface area (Å²) in [5.41, 5.74) is 0.947. The third-order valence-corrected chi connectivity index (χ3v) is 10.2. The number of rotatable bonds is 3. The summed E-state index contributed by atoms with van der Waals surface area (Å²) in [7, 11) is 0. The van der Waals surface area contributed by atoms with Gasteiger partial charge in [0.1, 0.15) is 0 Å². The van der Waals surface area contributed by atoms with E-state index in [4.69, 9.17) is 4.74 Å². The Morgan fingerprint density at radius 2 is 1.82 bits per heavy atom. The molecule has 0 aromatic heterocycles. The molecule has 4 saturated carbocycles. The molecule has 1 spiro atoms. The highest BCUT2D eigenvalue weighted by molar-refractivity contribution is 5.77. The summed E-state index contributed by atoms with van der Waals surface area (Å²) >= 11 is 0. The van der Waals surface area contributed by atoms with Crippen LogP contribution in [0.1, 0.15) is 85.0 Å². The second kappa shape index (κ2) is 6.22. The lowest BCUT2D eigenvalue weighted by Gasteiger charge is -2.63. The normalized spacial score (nSPS) is 48.2. The highest BCUT2D eigenvalue weighted by Gasteiger charge is 2.68. The van der Waals surface area contributed by atoms with Crippen molar-refractivity contribution < 1.29 is 14.3 Å². The lowest BCUT2D eigenvalue weighted by Crippen LogP contribution is -2.65. The topological polar surface area (TPSA) is 55.4 Å². The third-order valence-electron chi connectivity index (χ3n) is 10.2. The van der Waals surface area contributed by atoms with E-state index in [0.717, 1.165) is 24.2 Å². The van der Waals surface area contributed by atoms with Crippen LogP contribution in [0.25, 0.3) is 0 Å². The molecule has 0 bridgehead atoms. The lowest BCUT2D eigenvalue weighted by atomic mass is 9.44. The maximum absolute atomic E-state index is 12.2. The number of carbonyl (C=O) groups is 2. The Kier molecular flexibility index (Phi) is 4.21. The monoisotopic (exact) mass is 387 g/mol. The van der Waals surface area contributed by atoms with E-state index in [1.807, 2.05) is 6.92 Å². The van der Waals surface area contributed by atoms with Crippen LogP contribution in [0.15, 0.2) is 0 Å². The van der Waals surface area contributed by atoms with Crippen LogP contribution in [-0.4, -0.2) is 24.5 Å². The van der Waals surface area contributed by atoms with Crippen molar-refractivity contribution >= 4 is 11.9 Å². The molecule has 0 aromatic carbocycles. The quantitative estimate of drug-likeness (QED) is 0.727. The van der Waals surface area contributed by atoms with Crippen LogP contribution in [0.5, 0.6) is 0 Å². The zero-order valence-corrected chi connectivity index (χ0v) is 17.9. The molecule has 5 rings (SSSR count). The van der Waals surface area contributed by atoms with E-state index in [2.05, 4.69) is 19.2 Å². The molecule has 0 radical (unpaired) electrons. The van der Waals surface area contributed by atoms with Gasteiger partial charge in [-0.15, -0.1) is 0 Å². The zero-order valence-electron chi connectivity index (χ0n) is 17.9. The Labute approximate surface area is 169 Å². The summed E-state index contributed by atoms with van der Waals surface area (Å²) in [5, 5.41) is 3.46. The van der Waals surface area contributed by atoms with Gasteiger partial charge in [0, 0.05) is 18.9 Å². The number of esters is 1. The van der Waals surface area contributed by atoms with E-state index in [9.17, 15) is 9.59 Å². The summed E-state index contributed by atoms with van der Waals surface area (Å²) in [6.07, 6.45) is 11.3. The van der Waals surface area contributed by atoms with Crippen LogP contribution in [0, 0.1) is 39.9 Å². The van der Waals surface area contributed by atoms with Crippen LogP contribution in [0.2, 0.25) is 0 Å². The summed E-state index contributed by atoms with van der Waals surface area (Å²) in [6.45, 7) is 7.38. The van der Waals surface area contributed by atoms with Gasteiger partial charge in [0.2, 0.25) is 5.91 Å². The average Bonchev–Trinajstić information content (AvgIpc) is 3.34. The summed E-state index contributed by atoms with van der Waals surface area (Å²) < 4.78 is 5.30. The first kappa shape index (κ1) is 18.9. The van der Waals surface area contributed by atoms with Gasteiger partial charge in [-0.05, 0) is 98.2 Å². The SMILES string of the molecule is CCOC(=O)C[C@H]1CCC2C3CC4(CC4)C4NC(=O)CC[C@]4(C)C3CC[C@@]21C. The van der Waals surface area contributed by atoms with E-state index in [1.54, 1.807) is 0 Å². The molecule has 0 aromatic rings. The second-order valence-corrected chi connectivity index (χ2v) is 11.3. The minimum absolute atomic E-state index is 0.000763. The van der Waals surface area contributed by atoms with Crippen molar-refractivity contribution in [2.24, 2.45) is 39.9 Å². The van der Waals surface area contributed by atoms with E-state index in [0.29, 0.717) is 42.2 Å². The number of hydrogen-bond acceptors (Lipinski definition) is 3. The van der Waals surface area contributed by atoms with Crippen molar-refractivity contribution in [3.8, 4) is 0 Å². The summed E-state index contributed by atoms with van der Waals surface area (Å²) in [6, 6.07) is 0.406. The molecule has 7 atom stereocenters. The molecule has 1 saturated heterocycles. The Hall–Kier alpha value is -1.06. The van der Waals surface area contributed by atoms with Gasteiger partial charge in [-0.3, -0.25) is 9.59 Å². The van der Waals surface area contributed by atoms with Crippen LogP contribution in [-0.2, 0) is 14.3 Å². The molecular weight excluding hydrogens is 350 g/mol. The van der Waals surface area contributed by atoms with Gasteiger partial charge in [0.25, 0.3) is 0 Å². The highest BCUT2D eigenvalue weighted by atomic mass is 16.5. The molecule has 28 heavy (non-hydrogen) atoms. The van der Waals surface area contributed by atoms with Crippen molar-refractivity contribution in [3.63, 3.8) is 0 Å². The fourth-order valence-corrected chi connectivity index (χ4v) is 8.67. The van der Waals surface area contributed by atoms with Gasteiger partial charge < -0.3 is 10.1 Å². The summed E-state index contributed by atoms with van der Waals surface area (Å²) in [4.78, 5) is 24.4. The van der Waals surface area contributed by atoms with E-state index < -0.39 is 0 Å². The van der Waals surface area contributed by atoms with Gasteiger partial charge >= 0.3 is 5.97 Å². The largest absolute Gasteiger partial charge is 0.466 e. The molecule has 1 amide bonds. The second-order valence-electron chi connectivity index (χ2n) is 11.3. The van der Waals surface area contributed by atoms with Gasteiger partial charge in [-0.1, -0.05) is 13.8 Å². The lowest BCUT2D eigenvalue weighted by molar-refractivity contribution is -0.151. The third kappa shape index (κ3) is 2.55. The molecule has 4 nitrogen and oxygen atoms in total. The Morgan fingerprint density at radius 3 is 2.54 bits per heavy atom. The van der Waals surface area contributed by atoms with Crippen molar-refractivity contribution in [2.75, 3.05) is 6.61 Å². The van der Waals surface area contributed by atoms with E-state index in [-0.39, 0.29) is 17.3 Å². The number of nitrogens with one attached hydrogen (secondary N) is 1. The smallest absolute Gasteiger partial charge is 0.306 e. The first-order valence-electron chi connectivity index (χ1n) is 11.8. The van der Waals surface area contributed by atoms with Crippen LogP contribution >= 0.6 is 0 Å². The number of fused-ring (bicyclic) bond motifs is 6. The van der Waals surface area contributed by atoms with Gasteiger partial charge in [-0.25, -0.2) is 0 Å².